The van der Waals surface area contributed by atoms with Crippen molar-refractivity contribution in [3.63, 3.8) is 0 Å². The number of hydrogen-bond acceptors (Lipinski definition) is 5. The Bertz CT molecular complexity index is 840. The highest BCUT2D eigenvalue weighted by Gasteiger charge is 2.25. The van der Waals surface area contributed by atoms with Crippen LogP contribution < -0.4 is 23.8 Å². The summed E-state index contributed by atoms with van der Waals surface area (Å²) in [6.07, 6.45) is 0. The van der Waals surface area contributed by atoms with Crippen LogP contribution in [0.25, 0.3) is 0 Å². The zero-order valence-corrected chi connectivity index (χ0v) is 18.2. The highest BCUT2D eigenvalue weighted by molar-refractivity contribution is 5.95. The standard InChI is InChI=1S/C23H30N2O5/c1-5-30-22-12-17(6-7-21(22)29-4)16-24-8-10-25(11-9-24)23(26)18-13-19(27-2)15-20(14-18)28-3/h6-7,12-15H,5,8-11,16H2,1-4H3/p+1. The van der Waals surface area contributed by atoms with Gasteiger partial charge in [-0.1, -0.05) is 0 Å². The van der Waals surface area contributed by atoms with Crippen LogP contribution in [0.1, 0.15) is 22.8 Å². The number of methoxy groups -OCH3 is 3. The molecule has 7 heteroatoms. The summed E-state index contributed by atoms with van der Waals surface area (Å²) in [7, 11) is 4.82. The van der Waals surface area contributed by atoms with Crippen LogP contribution in [0.2, 0.25) is 0 Å². The van der Waals surface area contributed by atoms with E-state index in [-0.39, 0.29) is 5.91 Å². The molecule has 0 radical (unpaired) electrons. The molecular weight excluding hydrogens is 384 g/mol. The molecule has 1 N–H and O–H groups in total. The van der Waals surface area contributed by atoms with Gasteiger partial charge >= 0.3 is 0 Å². The number of carbonyl (C=O) groups excluding carboxylic acids is 1. The average Bonchev–Trinajstić information content (AvgIpc) is 2.79. The molecule has 0 aromatic heterocycles. The highest BCUT2D eigenvalue weighted by atomic mass is 16.5. The number of quaternary nitrogens is 1. The number of ether oxygens (including phenoxy) is 4. The molecule has 1 aliphatic heterocycles. The molecule has 0 bridgehead atoms. The molecule has 0 spiro atoms. The molecule has 2 aromatic carbocycles. The molecular formula is C23H31N2O5+. The number of nitrogens with zero attached hydrogens (tertiary/aromatic N) is 1. The lowest BCUT2D eigenvalue weighted by atomic mass is 10.1. The van der Waals surface area contributed by atoms with E-state index in [1.807, 2.05) is 17.9 Å². The minimum atomic E-state index is 0.00864. The molecule has 1 fully saturated rings. The quantitative estimate of drug-likeness (QED) is 0.711. The maximum Gasteiger partial charge on any atom is 0.254 e. The van der Waals surface area contributed by atoms with Crippen molar-refractivity contribution in [3.8, 4) is 23.0 Å². The number of nitrogens with one attached hydrogen (secondary N) is 1. The van der Waals surface area contributed by atoms with Gasteiger partial charge in [-0.25, -0.2) is 0 Å². The highest BCUT2D eigenvalue weighted by Crippen LogP contribution is 2.28. The van der Waals surface area contributed by atoms with Gasteiger partial charge in [-0.2, -0.15) is 0 Å². The summed E-state index contributed by atoms with van der Waals surface area (Å²) in [6, 6.07) is 11.4. The van der Waals surface area contributed by atoms with E-state index in [0.717, 1.165) is 31.1 Å². The summed E-state index contributed by atoms with van der Waals surface area (Å²) < 4.78 is 21.6. The van der Waals surface area contributed by atoms with Gasteiger partial charge in [0, 0.05) is 17.2 Å². The Balaban J connectivity index is 1.61. The van der Waals surface area contributed by atoms with Crippen LogP contribution in [0.3, 0.4) is 0 Å². The molecule has 0 aliphatic carbocycles. The molecule has 0 unspecified atom stereocenters. The van der Waals surface area contributed by atoms with E-state index in [1.54, 1.807) is 39.5 Å². The van der Waals surface area contributed by atoms with Gasteiger partial charge in [0.2, 0.25) is 0 Å². The molecule has 1 heterocycles. The smallest absolute Gasteiger partial charge is 0.254 e. The van der Waals surface area contributed by atoms with Gasteiger partial charge in [0.25, 0.3) is 5.91 Å². The second-order valence-corrected chi connectivity index (χ2v) is 7.24. The van der Waals surface area contributed by atoms with E-state index < -0.39 is 0 Å². The van der Waals surface area contributed by atoms with E-state index >= 15 is 0 Å². The zero-order valence-electron chi connectivity index (χ0n) is 18.2. The third kappa shape index (κ3) is 5.16. The molecule has 1 aliphatic rings. The van der Waals surface area contributed by atoms with Crippen molar-refractivity contribution >= 4 is 5.91 Å². The maximum absolute atomic E-state index is 13.0. The van der Waals surface area contributed by atoms with Crippen molar-refractivity contribution in [1.82, 2.24) is 4.90 Å². The number of amides is 1. The molecule has 3 rings (SSSR count). The second kappa shape index (κ2) is 10.2. The number of benzene rings is 2. The maximum atomic E-state index is 13.0. The lowest BCUT2D eigenvalue weighted by Crippen LogP contribution is -3.13. The van der Waals surface area contributed by atoms with E-state index in [0.29, 0.717) is 36.8 Å². The average molecular weight is 416 g/mol. The Labute approximate surface area is 178 Å². The molecule has 0 atom stereocenters. The summed E-state index contributed by atoms with van der Waals surface area (Å²) in [6.45, 7) is 6.66. The van der Waals surface area contributed by atoms with Crippen molar-refractivity contribution in [3.05, 3.63) is 47.5 Å². The molecule has 1 saturated heterocycles. The molecule has 1 amide bonds. The molecule has 7 nitrogen and oxygen atoms in total. The lowest BCUT2D eigenvalue weighted by molar-refractivity contribution is -0.917. The van der Waals surface area contributed by atoms with E-state index in [1.165, 1.54) is 10.5 Å². The van der Waals surface area contributed by atoms with Crippen molar-refractivity contribution in [2.24, 2.45) is 0 Å². The van der Waals surface area contributed by atoms with Crippen LogP contribution in [-0.2, 0) is 6.54 Å². The Morgan fingerprint density at radius 1 is 0.933 bits per heavy atom. The fraction of sp³-hybridized carbons (Fsp3) is 0.435. The predicted octanol–water partition coefficient (Wildman–Crippen LogP) is 1.65. The first kappa shape index (κ1) is 21.8. The third-order valence-corrected chi connectivity index (χ3v) is 5.34. The van der Waals surface area contributed by atoms with Crippen LogP contribution in [-0.4, -0.2) is 64.9 Å². The van der Waals surface area contributed by atoms with Crippen LogP contribution in [0, 0.1) is 0 Å². The number of rotatable bonds is 8. The van der Waals surface area contributed by atoms with Crippen molar-refractivity contribution in [1.29, 1.82) is 0 Å². The number of carbonyl (C=O) groups is 1. The van der Waals surface area contributed by atoms with Gasteiger partial charge < -0.3 is 28.7 Å². The monoisotopic (exact) mass is 415 g/mol. The first-order valence-corrected chi connectivity index (χ1v) is 10.2. The van der Waals surface area contributed by atoms with Crippen molar-refractivity contribution < 1.29 is 28.6 Å². The summed E-state index contributed by atoms with van der Waals surface area (Å²) in [4.78, 5) is 16.3. The van der Waals surface area contributed by atoms with Gasteiger partial charge in [-0.3, -0.25) is 4.79 Å². The molecule has 30 heavy (non-hydrogen) atoms. The zero-order chi connectivity index (χ0) is 21.5. The van der Waals surface area contributed by atoms with Crippen LogP contribution in [0.5, 0.6) is 23.0 Å². The van der Waals surface area contributed by atoms with Gasteiger partial charge in [-0.05, 0) is 37.3 Å². The van der Waals surface area contributed by atoms with Crippen molar-refractivity contribution in [2.45, 2.75) is 13.5 Å². The summed E-state index contributed by atoms with van der Waals surface area (Å²) in [5.74, 6) is 2.77. The van der Waals surface area contributed by atoms with E-state index in [9.17, 15) is 4.79 Å². The fourth-order valence-corrected chi connectivity index (χ4v) is 3.70. The largest absolute Gasteiger partial charge is 0.497 e. The molecule has 162 valence electrons. The van der Waals surface area contributed by atoms with Gasteiger partial charge in [0.1, 0.15) is 18.0 Å². The normalized spacial score (nSPS) is 14.3. The SMILES string of the molecule is CCOc1cc(C[NH+]2CCN(C(=O)c3cc(OC)cc(OC)c3)CC2)ccc1OC. The number of piperazine rings is 1. The Kier molecular flexibility index (Phi) is 7.41. The first-order valence-electron chi connectivity index (χ1n) is 10.2. The van der Waals surface area contributed by atoms with Gasteiger partial charge in [-0.15, -0.1) is 0 Å². The summed E-state index contributed by atoms with van der Waals surface area (Å²) >= 11 is 0. The summed E-state index contributed by atoms with van der Waals surface area (Å²) in [5, 5.41) is 0. The second-order valence-electron chi connectivity index (χ2n) is 7.24. The Morgan fingerprint density at radius 2 is 1.60 bits per heavy atom. The van der Waals surface area contributed by atoms with Crippen LogP contribution >= 0.6 is 0 Å². The predicted molar refractivity (Wildman–Crippen MR) is 114 cm³/mol. The molecule has 2 aromatic rings. The first-order chi connectivity index (χ1) is 14.6. The Hall–Kier alpha value is -2.93. The minimum Gasteiger partial charge on any atom is -0.497 e. The third-order valence-electron chi connectivity index (χ3n) is 5.34. The van der Waals surface area contributed by atoms with Crippen LogP contribution in [0.4, 0.5) is 0 Å². The van der Waals surface area contributed by atoms with Gasteiger partial charge in [0.05, 0.1) is 54.1 Å². The minimum absolute atomic E-state index is 0.00864. The lowest BCUT2D eigenvalue weighted by Gasteiger charge is -2.32. The summed E-state index contributed by atoms with van der Waals surface area (Å²) in [5.41, 5.74) is 1.79. The Morgan fingerprint density at radius 3 is 2.17 bits per heavy atom. The topological polar surface area (TPSA) is 61.7 Å². The fourth-order valence-electron chi connectivity index (χ4n) is 3.70. The van der Waals surface area contributed by atoms with Gasteiger partial charge in [0.15, 0.2) is 11.5 Å². The molecule has 0 saturated carbocycles. The van der Waals surface area contributed by atoms with Crippen molar-refractivity contribution in [2.75, 3.05) is 54.1 Å². The van der Waals surface area contributed by atoms with E-state index in [2.05, 4.69) is 12.1 Å². The number of hydrogen-bond donors (Lipinski definition) is 1. The van der Waals surface area contributed by atoms with Crippen LogP contribution in [0.15, 0.2) is 36.4 Å². The van der Waals surface area contributed by atoms with E-state index in [4.69, 9.17) is 18.9 Å².